The Hall–Kier alpha value is -1.72. The Labute approximate surface area is 104 Å². The van der Waals surface area contributed by atoms with Gasteiger partial charge in [-0.25, -0.2) is 4.98 Å². The molecule has 2 heterocycles. The first-order chi connectivity index (χ1) is 8.74. The van der Waals surface area contributed by atoms with Gasteiger partial charge in [-0.1, -0.05) is 0 Å². The van der Waals surface area contributed by atoms with Gasteiger partial charge < -0.3 is 14.5 Å². The van der Waals surface area contributed by atoms with E-state index in [1.54, 1.807) is 25.1 Å². The Morgan fingerprint density at radius 2 is 2.39 bits per heavy atom. The fourth-order valence-electron chi connectivity index (χ4n) is 2.11. The normalized spacial score (nSPS) is 20.2. The van der Waals surface area contributed by atoms with E-state index in [0.29, 0.717) is 30.2 Å². The van der Waals surface area contributed by atoms with Crippen LogP contribution >= 0.6 is 0 Å². The van der Waals surface area contributed by atoms with Gasteiger partial charge in [0.15, 0.2) is 17.3 Å². The second-order valence-corrected chi connectivity index (χ2v) is 4.34. The summed E-state index contributed by atoms with van der Waals surface area (Å²) in [5, 5.41) is 3.15. The highest BCUT2D eigenvalue weighted by Gasteiger charge is 2.23. The number of aryl methyl sites for hydroxylation is 1. The average Bonchev–Trinajstić information content (AvgIpc) is 2.78. The summed E-state index contributed by atoms with van der Waals surface area (Å²) in [6.07, 6.45) is -0.403. The van der Waals surface area contributed by atoms with Crippen molar-refractivity contribution in [1.29, 1.82) is 0 Å². The molecule has 5 nitrogen and oxygen atoms in total. The molecule has 1 aliphatic rings. The molecular formula is C13H14N2O3. The topological polar surface area (TPSA) is 64.4 Å². The van der Waals surface area contributed by atoms with Gasteiger partial charge in [0.1, 0.15) is 11.6 Å². The first-order valence-electron chi connectivity index (χ1n) is 5.98. The summed E-state index contributed by atoms with van der Waals surface area (Å²) >= 11 is 0. The summed E-state index contributed by atoms with van der Waals surface area (Å²) in [4.78, 5) is 16.4. The van der Waals surface area contributed by atoms with Crippen LogP contribution in [0.25, 0.3) is 11.1 Å². The van der Waals surface area contributed by atoms with Crippen molar-refractivity contribution in [2.75, 3.05) is 19.7 Å². The Bertz CT molecular complexity index is 585. The molecule has 0 amide bonds. The lowest BCUT2D eigenvalue weighted by atomic mass is 10.1. The molecule has 0 bridgehead atoms. The molecule has 1 aromatic heterocycles. The van der Waals surface area contributed by atoms with Crippen LogP contribution in [-0.2, 0) is 4.74 Å². The largest absolute Gasteiger partial charge is 0.441 e. The van der Waals surface area contributed by atoms with Crippen molar-refractivity contribution in [3.05, 3.63) is 29.7 Å². The number of carbonyl (C=O) groups excluding carboxylic acids is 1. The van der Waals surface area contributed by atoms with Gasteiger partial charge in [0, 0.05) is 25.6 Å². The molecular weight excluding hydrogens is 232 g/mol. The summed E-state index contributed by atoms with van der Waals surface area (Å²) in [5.74, 6) is 0.586. The number of fused-ring (bicyclic) bond motifs is 1. The van der Waals surface area contributed by atoms with Gasteiger partial charge in [0.25, 0.3) is 0 Å². The lowest BCUT2D eigenvalue weighted by Gasteiger charge is -2.22. The lowest BCUT2D eigenvalue weighted by Crippen LogP contribution is -2.43. The molecule has 3 rings (SSSR count). The Morgan fingerprint density at radius 3 is 3.17 bits per heavy atom. The van der Waals surface area contributed by atoms with Crippen LogP contribution in [0.2, 0.25) is 0 Å². The van der Waals surface area contributed by atoms with Crippen LogP contribution in [0.5, 0.6) is 0 Å². The highest BCUT2D eigenvalue weighted by atomic mass is 16.5. The molecule has 0 saturated carbocycles. The number of carbonyl (C=O) groups is 1. The summed E-state index contributed by atoms with van der Waals surface area (Å²) in [5.41, 5.74) is 2.02. The molecule has 2 aromatic rings. The van der Waals surface area contributed by atoms with Gasteiger partial charge in [-0.2, -0.15) is 0 Å². The molecule has 1 aromatic carbocycles. The van der Waals surface area contributed by atoms with E-state index in [-0.39, 0.29) is 5.78 Å². The van der Waals surface area contributed by atoms with Crippen LogP contribution in [0, 0.1) is 6.92 Å². The molecule has 0 radical (unpaired) electrons. The van der Waals surface area contributed by atoms with E-state index in [1.807, 2.05) is 0 Å². The lowest BCUT2D eigenvalue weighted by molar-refractivity contribution is 0.0269. The predicted molar refractivity (Wildman–Crippen MR) is 65.7 cm³/mol. The van der Waals surface area contributed by atoms with E-state index in [9.17, 15) is 4.79 Å². The molecule has 0 spiro atoms. The molecule has 18 heavy (non-hydrogen) atoms. The van der Waals surface area contributed by atoms with Gasteiger partial charge in [0.05, 0.1) is 6.61 Å². The van der Waals surface area contributed by atoms with Crippen molar-refractivity contribution in [2.24, 2.45) is 0 Å². The van der Waals surface area contributed by atoms with Gasteiger partial charge in [0.2, 0.25) is 0 Å². The number of morpholine rings is 1. The van der Waals surface area contributed by atoms with Crippen LogP contribution in [0.15, 0.2) is 22.6 Å². The van der Waals surface area contributed by atoms with Crippen molar-refractivity contribution in [2.45, 2.75) is 13.0 Å². The molecule has 5 heteroatoms. The third kappa shape index (κ3) is 2.02. The number of hydrogen-bond acceptors (Lipinski definition) is 5. The Morgan fingerprint density at radius 1 is 1.50 bits per heavy atom. The quantitative estimate of drug-likeness (QED) is 0.809. The van der Waals surface area contributed by atoms with Gasteiger partial charge in [-0.05, 0) is 18.2 Å². The number of hydrogen-bond donors (Lipinski definition) is 1. The molecule has 1 saturated heterocycles. The number of ether oxygens (including phenoxy) is 1. The van der Waals surface area contributed by atoms with Crippen molar-refractivity contribution in [3.63, 3.8) is 0 Å². The second kappa shape index (κ2) is 4.51. The van der Waals surface area contributed by atoms with E-state index in [1.165, 1.54) is 0 Å². The molecule has 0 aliphatic carbocycles. The monoisotopic (exact) mass is 246 g/mol. The first-order valence-corrected chi connectivity index (χ1v) is 5.98. The zero-order chi connectivity index (χ0) is 12.5. The van der Waals surface area contributed by atoms with Crippen molar-refractivity contribution in [3.8, 4) is 0 Å². The van der Waals surface area contributed by atoms with E-state index in [4.69, 9.17) is 9.15 Å². The smallest absolute Gasteiger partial charge is 0.192 e. The summed E-state index contributed by atoms with van der Waals surface area (Å²) in [6, 6.07) is 5.30. The zero-order valence-electron chi connectivity index (χ0n) is 10.1. The number of oxazole rings is 1. The van der Waals surface area contributed by atoms with Crippen LogP contribution < -0.4 is 5.32 Å². The fourth-order valence-corrected chi connectivity index (χ4v) is 2.11. The minimum absolute atomic E-state index is 0.0156. The third-order valence-electron chi connectivity index (χ3n) is 3.00. The van der Waals surface area contributed by atoms with Crippen molar-refractivity contribution in [1.82, 2.24) is 10.3 Å². The van der Waals surface area contributed by atoms with Crippen molar-refractivity contribution >= 4 is 16.9 Å². The summed E-state index contributed by atoms with van der Waals surface area (Å²) in [6.45, 7) is 3.71. The maximum atomic E-state index is 12.2. The average molecular weight is 246 g/mol. The first kappa shape index (κ1) is 11.4. The highest BCUT2D eigenvalue weighted by Crippen LogP contribution is 2.18. The SMILES string of the molecule is Cc1nc2ccc(C(=O)C3CNCCO3)cc2o1. The van der Waals surface area contributed by atoms with E-state index in [2.05, 4.69) is 10.3 Å². The number of benzene rings is 1. The number of rotatable bonds is 2. The Kier molecular flexibility index (Phi) is 2.85. The number of aromatic nitrogens is 1. The summed E-state index contributed by atoms with van der Waals surface area (Å²) < 4.78 is 10.9. The third-order valence-corrected chi connectivity index (χ3v) is 3.00. The maximum absolute atomic E-state index is 12.2. The minimum Gasteiger partial charge on any atom is -0.441 e. The van der Waals surface area contributed by atoms with Crippen LogP contribution in [0.3, 0.4) is 0 Å². The molecule has 1 fully saturated rings. The van der Waals surface area contributed by atoms with Crippen LogP contribution in [0.1, 0.15) is 16.2 Å². The van der Waals surface area contributed by atoms with E-state index < -0.39 is 6.10 Å². The van der Waals surface area contributed by atoms with Crippen molar-refractivity contribution < 1.29 is 13.9 Å². The molecule has 1 unspecified atom stereocenters. The fraction of sp³-hybridized carbons (Fsp3) is 0.385. The maximum Gasteiger partial charge on any atom is 0.192 e. The zero-order valence-corrected chi connectivity index (χ0v) is 10.1. The number of nitrogens with zero attached hydrogens (tertiary/aromatic N) is 1. The summed E-state index contributed by atoms with van der Waals surface area (Å²) in [7, 11) is 0. The minimum atomic E-state index is -0.403. The number of ketones is 1. The van der Waals surface area contributed by atoms with Crippen LogP contribution in [0.4, 0.5) is 0 Å². The van der Waals surface area contributed by atoms with Gasteiger partial charge in [-0.3, -0.25) is 4.79 Å². The van der Waals surface area contributed by atoms with E-state index >= 15 is 0 Å². The second-order valence-electron chi connectivity index (χ2n) is 4.34. The predicted octanol–water partition coefficient (Wildman–Crippen LogP) is 1.31. The van der Waals surface area contributed by atoms with Crippen LogP contribution in [-0.4, -0.2) is 36.6 Å². The standard InChI is InChI=1S/C13H14N2O3/c1-8-15-10-3-2-9(6-11(10)18-8)13(16)12-7-14-4-5-17-12/h2-3,6,12,14H,4-5,7H2,1H3. The molecule has 1 aliphatic heterocycles. The van der Waals surface area contributed by atoms with E-state index in [0.717, 1.165) is 12.1 Å². The molecule has 1 N–H and O–H groups in total. The molecule has 1 atom stereocenters. The van der Waals surface area contributed by atoms with Gasteiger partial charge >= 0.3 is 0 Å². The molecule has 94 valence electrons. The van der Waals surface area contributed by atoms with Gasteiger partial charge in [-0.15, -0.1) is 0 Å². The number of Topliss-reactive ketones (excluding diaryl/α,β-unsaturated/α-hetero) is 1. The highest BCUT2D eigenvalue weighted by molar-refractivity contribution is 6.01. The number of nitrogens with one attached hydrogen (secondary N) is 1. The Balaban J connectivity index is 1.90.